The maximum Gasteiger partial charge on any atom is 0.269 e. The molecule has 1 aliphatic carbocycles. The van der Waals surface area contributed by atoms with E-state index < -0.39 is 4.92 Å². The average Bonchev–Trinajstić information content (AvgIpc) is 3.23. The van der Waals surface area contributed by atoms with Crippen LogP contribution in [0, 0.1) is 10.1 Å². The van der Waals surface area contributed by atoms with Gasteiger partial charge in [-0.15, -0.1) is 11.3 Å². The first-order valence-corrected chi connectivity index (χ1v) is 10.6. The van der Waals surface area contributed by atoms with Crippen molar-refractivity contribution in [2.75, 3.05) is 10.6 Å². The van der Waals surface area contributed by atoms with E-state index in [1.165, 1.54) is 17.0 Å². The number of nitro benzene ring substituents is 1. The molecule has 150 valence electrons. The Kier molecular flexibility index (Phi) is 4.59. The van der Waals surface area contributed by atoms with Crippen molar-refractivity contribution < 1.29 is 9.72 Å². The number of allylic oxidation sites excluding steroid dienone is 1. The molecule has 0 spiro atoms. The number of rotatable bonds is 3. The Bertz CT molecular complexity index is 1150. The van der Waals surface area contributed by atoms with Crippen LogP contribution in [0.4, 0.5) is 17.1 Å². The van der Waals surface area contributed by atoms with E-state index in [9.17, 15) is 14.9 Å². The van der Waals surface area contributed by atoms with E-state index in [1.807, 2.05) is 35.7 Å². The number of hydrogen-bond acceptors (Lipinski definition) is 6. The molecule has 3 aromatic rings. The standard InChI is InChI=1S/C23H19N3O3S/c27-20-13-15(21-6-3-11-30-21)12-19-22(20)23(14-7-9-16(10-8-14)26(28)29)25-18-5-2-1-4-17(18)24-19/h1-11,15,23-25H,12-13H2. The van der Waals surface area contributed by atoms with Gasteiger partial charge in [0.25, 0.3) is 5.69 Å². The smallest absolute Gasteiger partial charge is 0.269 e. The highest BCUT2D eigenvalue weighted by Crippen LogP contribution is 2.44. The van der Waals surface area contributed by atoms with Crippen molar-refractivity contribution in [3.8, 4) is 0 Å². The first-order chi connectivity index (χ1) is 14.6. The van der Waals surface area contributed by atoms with Gasteiger partial charge in [-0.2, -0.15) is 0 Å². The molecule has 0 saturated carbocycles. The van der Waals surface area contributed by atoms with Gasteiger partial charge in [-0.25, -0.2) is 0 Å². The maximum atomic E-state index is 13.4. The normalized spacial score (nSPS) is 20.5. The van der Waals surface area contributed by atoms with E-state index >= 15 is 0 Å². The zero-order valence-electron chi connectivity index (χ0n) is 16.0. The number of carbonyl (C=O) groups is 1. The van der Waals surface area contributed by atoms with E-state index in [0.717, 1.165) is 29.1 Å². The molecule has 2 atom stereocenters. The summed E-state index contributed by atoms with van der Waals surface area (Å²) in [6, 6.07) is 18.0. The Labute approximate surface area is 177 Å². The predicted octanol–water partition coefficient (Wildman–Crippen LogP) is 5.64. The Hall–Kier alpha value is -3.45. The van der Waals surface area contributed by atoms with Crippen LogP contribution in [-0.2, 0) is 4.79 Å². The van der Waals surface area contributed by atoms with Gasteiger partial charge in [0.1, 0.15) is 0 Å². The Morgan fingerprint density at radius 3 is 2.43 bits per heavy atom. The molecule has 30 heavy (non-hydrogen) atoms. The molecule has 7 heteroatoms. The number of thiophene rings is 1. The van der Waals surface area contributed by atoms with Crippen LogP contribution >= 0.6 is 11.3 Å². The molecular weight excluding hydrogens is 398 g/mol. The van der Waals surface area contributed by atoms with Crippen LogP contribution in [0.3, 0.4) is 0 Å². The Balaban J connectivity index is 1.60. The zero-order chi connectivity index (χ0) is 20.7. The average molecular weight is 417 g/mol. The number of hydrogen-bond donors (Lipinski definition) is 2. The monoisotopic (exact) mass is 417 g/mol. The fourth-order valence-electron chi connectivity index (χ4n) is 4.26. The topological polar surface area (TPSA) is 84.3 Å². The minimum absolute atomic E-state index is 0.0350. The van der Waals surface area contributed by atoms with Gasteiger partial charge in [0.2, 0.25) is 0 Å². The summed E-state index contributed by atoms with van der Waals surface area (Å²) in [5.74, 6) is 0.261. The minimum atomic E-state index is -0.413. The number of nitrogens with one attached hydrogen (secondary N) is 2. The van der Waals surface area contributed by atoms with E-state index in [1.54, 1.807) is 23.5 Å². The van der Waals surface area contributed by atoms with E-state index in [2.05, 4.69) is 16.7 Å². The van der Waals surface area contributed by atoms with Gasteiger partial charge in [-0.05, 0) is 47.7 Å². The fourth-order valence-corrected chi connectivity index (χ4v) is 5.09. The molecule has 0 bridgehead atoms. The number of anilines is 2. The van der Waals surface area contributed by atoms with Crippen molar-refractivity contribution in [1.29, 1.82) is 0 Å². The molecule has 1 aliphatic heterocycles. The second kappa shape index (κ2) is 7.42. The van der Waals surface area contributed by atoms with Crippen LogP contribution in [0.25, 0.3) is 0 Å². The molecule has 2 unspecified atom stereocenters. The summed E-state index contributed by atoms with van der Waals surface area (Å²) in [4.78, 5) is 25.2. The van der Waals surface area contributed by atoms with Crippen molar-refractivity contribution in [3.05, 3.63) is 97.9 Å². The third-order valence-electron chi connectivity index (χ3n) is 5.69. The van der Waals surface area contributed by atoms with Crippen molar-refractivity contribution in [3.63, 3.8) is 0 Å². The summed E-state index contributed by atoms with van der Waals surface area (Å²) < 4.78 is 0. The third kappa shape index (κ3) is 3.27. The second-order valence-electron chi connectivity index (χ2n) is 7.53. The van der Waals surface area contributed by atoms with Gasteiger partial charge in [0.15, 0.2) is 5.78 Å². The zero-order valence-corrected chi connectivity index (χ0v) is 16.8. The maximum absolute atomic E-state index is 13.4. The predicted molar refractivity (Wildman–Crippen MR) is 118 cm³/mol. The molecule has 6 nitrogen and oxygen atoms in total. The molecule has 5 rings (SSSR count). The van der Waals surface area contributed by atoms with Gasteiger partial charge in [-0.1, -0.05) is 18.2 Å². The van der Waals surface area contributed by atoms with Crippen molar-refractivity contribution in [2.45, 2.75) is 24.8 Å². The Morgan fingerprint density at radius 1 is 0.967 bits per heavy atom. The highest BCUT2D eigenvalue weighted by atomic mass is 32.1. The van der Waals surface area contributed by atoms with Gasteiger partial charge < -0.3 is 10.6 Å². The van der Waals surface area contributed by atoms with Crippen LogP contribution in [-0.4, -0.2) is 10.7 Å². The molecule has 0 fully saturated rings. The van der Waals surface area contributed by atoms with E-state index in [0.29, 0.717) is 12.0 Å². The molecule has 2 heterocycles. The lowest BCUT2D eigenvalue weighted by molar-refractivity contribution is -0.384. The molecular formula is C23H19N3O3S. The highest BCUT2D eigenvalue weighted by molar-refractivity contribution is 7.10. The second-order valence-corrected chi connectivity index (χ2v) is 8.51. The van der Waals surface area contributed by atoms with Gasteiger partial charge in [0.05, 0.1) is 22.3 Å². The van der Waals surface area contributed by atoms with Crippen LogP contribution in [0.2, 0.25) is 0 Å². The summed E-state index contributed by atoms with van der Waals surface area (Å²) in [6.07, 6.45) is 1.21. The lowest BCUT2D eigenvalue weighted by Gasteiger charge is -2.29. The van der Waals surface area contributed by atoms with Crippen LogP contribution in [0.5, 0.6) is 0 Å². The lowest BCUT2D eigenvalue weighted by atomic mass is 9.81. The number of fused-ring (bicyclic) bond motifs is 1. The largest absolute Gasteiger partial charge is 0.372 e. The molecule has 1 aromatic heterocycles. The highest BCUT2D eigenvalue weighted by Gasteiger charge is 2.36. The number of ketones is 1. The van der Waals surface area contributed by atoms with Gasteiger partial charge in [0, 0.05) is 40.6 Å². The first-order valence-electron chi connectivity index (χ1n) is 9.77. The molecule has 2 aliphatic rings. The molecule has 2 aromatic carbocycles. The molecule has 2 N–H and O–H groups in total. The number of carbonyl (C=O) groups excluding carboxylic acids is 1. The summed E-state index contributed by atoms with van der Waals surface area (Å²) in [6.45, 7) is 0. The summed E-state index contributed by atoms with van der Waals surface area (Å²) >= 11 is 1.68. The number of nitro groups is 1. The number of benzene rings is 2. The molecule has 0 saturated heterocycles. The first kappa shape index (κ1) is 18.6. The van der Waals surface area contributed by atoms with Gasteiger partial charge >= 0.3 is 0 Å². The van der Waals surface area contributed by atoms with E-state index in [-0.39, 0.29) is 23.4 Å². The lowest BCUT2D eigenvalue weighted by Crippen LogP contribution is -2.26. The number of Topliss-reactive ketones (excluding diaryl/α,β-unsaturated/α-hetero) is 1. The number of para-hydroxylation sites is 2. The minimum Gasteiger partial charge on any atom is -0.372 e. The summed E-state index contributed by atoms with van der Waals surface area (Å²) in [5.41, 5.74) is 4.32. The van der Waals surface area contributed by atoms with Crippen LogP contribution in [0.15, 0.2) is 77.3 Å². The number of non-ortho nitro benzene ring substituents is 1. The SMILES string of the molecule is O=C1CC(c2cccs2)CC2=C1C(c1ccc([N+](=O)[O-])cc1)Nc1ccccc1N2. The van der Waals surface area contributed by atoms with Crippen molar-refractivity contribution in [1.82, 2.24) is 0 Å². The van der Waals surface area contributed by atoms with Crippen LogP contribution < -0.4 is 10.6 Å². The van der Waals surface area contributed by atoms with Crippen molar-refractivity contribution in [2.24, 2.45) is 0 Å². The summed E-state index contributed by atoms with van der Waals surface area (Å²) in [5, 5.41) is 20.1. The van der Waals surface area contributed by atoms with Crippen molar-refractivity contribution >= 4 is 34.2 Å². The van der Waals surface area contributed by atoms with Crippen LogP contribution in [0.1, 0.15) is 35.2 Å². The van der Waals surface area contributed by atoms with Gasteiger partial charge in [-0.3, -0.25) is 14.9 Å². The summed E-state index contributed by atoms with van der Waals surface area (Å²) in [7, 11) is 0. The van der Waals surface area contributed by atoms with E-state index in [4.69, 9.17) is 0 Å². The molecule has 0 amide bonds. The third-order valence-corrected chi connectivity index (χ3v) is 6.73. The Morgan fingerprint density at radius 2 is 1.73 bits per heavy atom. The fraction of sp³-hybridized carbons (Fsp3) is 0.174. The number of nitrogens with zero attached hydrogens (tertiary/aromatic N) is 1. The molecule has 0 radical (unpaired) electrons. The quantitative estimate of drug-likeness (QED) is 0.426.